The van der Waals surface area contributed by atoms with Crippen LogP contribution in [0.3, 0.4) is 0 Å². The number of carbonyl (C=O) groups is 1. The first-order valence-electron chi connectivity index (χ1n) is 10.2. The van der Waals surface area contributed by atoms with Crippen molar-refractivity contribution >= 4 is 23.4 Å². The third-order valence-corrected chi connectivity index (χ3v) is 6.33. The van der Waals surface area contributed by atoms with Crippen molar-refractivity contribution in [3.05, 3.63) is 59.2 Å². The van der Waals surface area contributed by atoms with E-state index in [0.29, 0.717) is 6.54 Å². The summed E-state index contributed by atoms with van der Waals surface area (Å²) in [5, 5.41) is 3.07. The maximum absolute atomic E-state index is 12.6. The van der Waals surface area contributed by atoms with Gasteiger partial charge in [0.1, 0.15) is 0 Å². The molecule has 1 amide bonds. The summed E-state index contributed by atoms with van der Waals surface area (Å²) in [6.07, 6.45) is 0. The van der Waals surface area contributed by atoms with Gasteiger partial charge in [-0.1, -0.05) is 43.7 Å². The van der Waals surface area contributed by atoms with Crippen LogP contribution in [0.4, 0.5) is 5.69 Å². The molecule has 0 saturated heterocycles. The number of rotatable bonds is 8. The average Bonchev–Trinajstić information content (AvgIpc) is 2.72. The van der Waals surface area contributed by atoms with Gasteiger partial charge in [0, 0.05) is 42.4 Å². The number of benzene rings is 2. The molecule has 0 atom stereocenters. The zero-order chi connectivity index (χ0) is 19.9. The van der Waals surface area contributed by atoms with Crippen LogP contribution in [-0.4, -0.2) is 49.3 Å². The van der Waals surface area contributed by atoms with E-state index in [1.807, 2.05) is 17.8 Å². The second kappa shape index (κ2) is 9.99. The van der Waals surface area contributed by atoms with E-state index < -0.39 is 0 Å². The summed E-state index contributed by atoms with van der Waals surface area (Å²) in [4.78, 5) is 18.6. The van der Waals surface area contributed by atoms with Crippen molar-refractivity contribution < 1.29 is 4.79 Å². The Balaban J connectivity index is 1.69. The number of amides is 1. The maximum atomic E-state index is 12.6. The minimum atomic E-state index is 0.0146. The molecule has 0 radical (unpaired) electrons. The molecule has 0 saturated carbocycles. The molecule has 1 N–H and O–H groups in total. The minimum absolute atomic E-state index is 0.0146. The molecule has 2 aromatic carbocycles. The fourth-order valence-electron chi connectivity index (χ4n) is 3.46. The molecule has 4 nitrogen and oxygen atoms in total. The number of hydrogen-bond acceptors (Lipinski definition) is 4. The zero-order valence-corrected chi connectivity index (χ0v) is 18.0. The van der Waals surface area contributed by atoms with Crippen LogP contribution in [-0.2, 0) is 6.54 Å². The number of nitrogens with zero attached hydrogens (tertiary/aromatic N) is 2. The number of thioether (sulfide) groups is 1. The van der Waals surface area contributed by atoms with E-state index in [1.54, 1.807) is 0 Å². The van der Waals surface area contributed by atoms with Crippen molar-refractivity contribution in [2.45, 2.75) is 32.2 Å². The van der Waals surface area contributed by atoms with Crippen LogP contribution in [0.1, 0.15) is 35.3 Å². The summed E-state index contributed by atoms with van der Waals surface area (Å²) in [6.45, 7) is 11.9. The standard InChI is InChI=1S/C23H31N3OS/c1-4-25(5-2)13-12-24-23(27)20-10-11-22-21(16-20)26(14-15-28-22)17-19-8-6-18(3)7-9-19/h6-11,16H,4-5,12-15,17H2,1-3H3,(H,24,27). The van der Waals surface area contributed by atoms with Gasteiger partial charge in [0.05, 0.1) is 5.69 Å². The Morgan fingerprint density at radius 1 is 1.14 bits per heavy atom. The SMILES string of the molecule is CCN(CC)CCNC(=O)c1ccc2c(c1)N(Cc1ccc(C)cc1)CCS2. The first-order chi connectivity index (χ1) is 13.6. The highest BCUT2D eigenvalue weighted by Crippen LogP contribution is 2.36. The maximum Gasteiger partial charge on any atom is 0.251 e. The second-order valence-electron chi connectivity index (χ2n) is 7.22. The fraction of sp³-hybridized carbons (Fsp3) is 0.435. The first kappa shape index (κ1) is 20.7. The summed E-state index contributed by atoms with van der Waals surface area (Å²) >= 11 is 1.87. The largest absolute Gasteiger partial charge is 0.365 e. The quantitative estimate of drug-likeness (QED) is 0.725. The molecule has 0 aromatic heterocycles. The molecule has 1 heterocycles. The molecule has 3 rings (SSSR count). The number of anilines is 1. The van der Waals surface area contributed by atoms with Gasteiger partial charge in [0.2, 0.25) is 0 Å². The van der Waals surface area contributed by atoms with Crippen LogP contribution >= 0.6 is 11.8 Å². The van der Waals surface area contributed by atoms with Gasteiger partial charge >= 0.3 is 0 Å². The molecule has 1 aliphatic heterocycles. The molecule has 0 bridgehead atoms. The van der Waals surface area contributed by atoms with Crippen LogP contribution in [0, 0.1) is 6.92 Å². The predicted molar refractivity (Wildman–Crippen MR) is 120 cm³/mol. The lowest BCUT2D eigenvalue weighted by Gasteiger charge is -2.31. The first-order valence-corrected chi connectivity index (χ1v) is 11.2. The number of hydrogen-bond donors (Lipinski definition) is 1. The summed E-state index contributed by atoms with van der Waals surface area (Å²) in [7, 11) is 0. The molecule has 2 aromatic rings. The number of likely N-dealkylation sites (N-methyl/N-ethyl adjacent to an activating group) is 1. The molecular weight excluding hydrogens is 366 g/mol. The van der Waals surface area contributed by atoms with Crippen molar-refractivity contribution in [2.75, 3.05) is 43.4 Å². The van der Waals surface area contributed by atoms with Gasteiger partial charge in [-0.05, 0) is 43.8 Å². The Labute approximate surface area is 173 Å². The third-order valence-electron chi connectivity index (χ3n) is 5.28. The Bertz CT molecular complexity index is 787. The third kappa shape index (κ3) is 5.30. The molecule has 0 spiro atoms. The highest BCUT2D eigenvalue weighted by Gasteiger charge is 2.19. The second-order valence-corrected chi connectivity index (χ2v) is 8.36. The lowest BCUT2D eigenvalue weighted by Crippen LogP contribution is -2.35. The number of fused-ring (bicyclic) bond motifs is 1. The van der Waals surface area contributed by atoms with Crippen molar-refractivity contribution in [3.63, 3.8) is 0 Å². The van der Waals surface area contributed by atoms with Gasteiger partial charge < -0.3 is 15.1 Å². The molecule has 150 valence electrons. The van der Waals surface area contributed by atoms with E-state index in [9.17, 15) is 4.79 Å². The fourth-order valence-corrected chi connectivity index (χ4v) is 4.49. The predicted octanol–water partition coefficient (Wildman–Crippen LogP) is 4.18. The number of nitrogens with one attached hydrogen (secondary N) is 1. The van der Waals surface area contributed by atoms with Crippen molar-refractivity contribution in [2.24, 2.45) is 0 Å². The topological polar surface area (TPSA) is 35.6 Å². The zero-order valence-electron chi connectivity index (χ0n) is 17.2. The van der Waals surface area contributed by atoms with E-state index in [2.05, 4.69) is 72.3 Å². The Morgan fingerprint density at radius 3 is 2.61 bits per heavy atom. The van der Waals surface area contributed by atoms with E-state index in [4.69, 9.17) is 0 Å². The van der Waals surface area contributed by atoms with Gasteiger partial charge in [-0.25, -0.2) is 0 Å². The normalized spacial score (nSPS) is 13.5. The Kier molecular flexibility index (Phi) is 7.40. The summed E-state index contributed by atoms with van der Waals surface area (Å²) in [5.41, 5.74) is 4.50. The lowest BCUT2D eigenvalue weighted by molar-refractivity contribution is 0.0949. The van der Waals surface area contributed by atoms with E-state index >= 15 is 0 Å². The van der Waals surface area contributed by atoms with Gasteiger partial charge in [-0.15, -0.1) is 11.8 Å². The molecule has 0 aliphatic carbocycles. The summed E-state index contributed by atoms with van der Waals surface area (Å²) < 4.78 is 0. The smallest absolute Gasteiger partial charge is 0.251 e. The van der Waals surface area contributed by atoms with Crippen LogP contribution in [0.5, 0.6) is 0 Å². The number of carbonyl (C=O) groups excluding carboxylic acids is 1. The van der Waals surface area contributed by atoms with E-state index in [1.165, 1.54) is 21.7 Å². The summed E-state index contributed by atoms with van der Waals surface area (Å²) in [5.74, 6) is 1.09. The minimum Gasteiger partial charge on any atom is -0.365 e. The van der Waals surface area contributed by atoms with Crippen LogP contribution < -0.4 is 10.2 Å². The molecule has 5 heteroatoms. The molecular formula is C23H31N3OS. The monoisotopic (exact) mass is 397 g/mol. The van der Waals surface area contributed by atoms with Crippen LogP contribution in [0.2, 0.25) is 0 Å². The molecule has 1 aliphatic rings. The molecule has 0 unspecified atom stereocenters. The number of aryl methyl sites for hydroxylation is 1. The van der Waals surface area contributed by atoms with Crippen molar-refractivity contribution in [1.29, 1.82) is 0 Å². The highest BCUT2D eigenvalue weighted by molar-refractivity contribution is 7.99. The summed E-state index contributed by atoms with van der Waals surface area (Å²) in [6, 6.07) is 14.8. The average molecular weight is 398 g/mol. The van der Waals surface area contributed by atoms with E-state index in [0.717, 1.165) is 44.0 Å². The van der Waals surface area contributed by atoms with Gasteiger partial charge in [-0.2, -0.15) is 0 Å². The van der Waals surface area contributed by atoms with Gasteiger partial charge in [0.15, 0.2) is 0 Å². The van der Waals surface area contributed by atoms with Crippen molar-refractivity contribution in [3.8, 4) is 0 Å². The van der Waals surface area contributed by atoms with Gasteiger partial charge in [0.25, 0.3) is 5.91 Å². The Hall–Kier alpha value is -1.98. The molecule has 28 heavy (non-hydrogen) atoms. The highest BCUT2D eigenvalue weighted by atomic mass is 32.2. The van der Waals surface area contributed by atoms with E-state index in [-0.39, 0.29) is 5.91 Å². The lowest BCUT2D eigenvalue weighted by atomic mass is 10.1. The van der Waals surface area contributed by atoms with Crippen molar-refractivity contribution in [1.82, 2.24) is 10.2 Å². The molecule has 0 fully saturated rings. The van der Waals surface area contributed by atoms with Crippen LogP contribution in [0.15, 0.2) is 47.4 Å². The van der Waals surface area contributed by atoms with Crippen LogP contribution in [0.25, 0.3) is 0 Å². The Morgan fingerprint density at radius 2 is 1.89 bits per heavy atom. The van der Waals surface area contributed by atoms with Gasteiger partial charge in [-0.3, -0.25) is 4.79 Å².